The van der Waals surface area contributed by atoms with Gasteiger partial charge in [-0.3, -0.25) is 19.3 Å². The molecule has 3 amide bonds. The molecule has 1 fully saturated rings. The highest BCUT2D eigenvalue weighted by Crippen LogP contribution is 2.32. The molecule has 9 heteroatoms. The third kappa shape index (κ3) is 5.24. The number of amides is 3. The molecule has 1 saturated heterocycles. The number of thioether (sulfide) groups is 1. The van der Waals surface area contributed by atoms with E-state index in [1.807, 2.05) is 6.92 Å². The Morgan fingerprint density at radius 3 is 2.68 bits per heavy atom. The van der Waals surface area contributed by atoms with E-state index in [1.165, 1.54) is 25.3 Å². The third-order valence-electron chi connectivity index (χ3n) is 4.41. The number of hydrogen-bond donors (Lipinski definition) is 1. The summed E-state index contributed by atoms with van der Waals surface area (Å²) in [4.78, 5) is 38.3. The molecular weight excluding hydrogens is 423 g/mol. The number of methoxy groups -OCH3 is 1. The molecule has 31 heavy (non-hydrogen) atoms. The maximum absolute atomic E-state index is 13.8. The van der Waals surface area contributed by atoms with Crippen LogP contribution < -0.4 is 14.8 Å². The van der Waals surface area contributed by atoms with Gasteiger partial charge < -0.3 is 14.8 Å². The van der Waals surface area contributed by atoms with Gasteiger partial charge in [0.25, 0.3) is 17.1 Å². The molecule has 1 aliphatic heterocycles. The van der Waals surface area contributed by atoms with Gasteiger partial charge in [0, 0.05) is 24.2 Å². The van der Waals surface area contributed by atoms with Crippen molar-refractivity contribution in [1.29, 1.82) is 0 Å². The van der Waals surface area contributed by atoms with Crippen LogP contribution in [0.2, 0.25) is 0 Å². The topological polar surface area (TPSA) is 84.9 Å². The number of hydrogen-bond acceptors (Lipinski definition) is 6. The van der Waals surface area contributed by atoms with Gasteiger partial charge in [-0.1, -0.05) is 18.2 Å². The molecule has 3 rings (SSSR count). The number of halogens is 1. The highest BCUT2D eigenvalue weighted by Gasteiger charge is 2.34. The van der Waals surface area contributed by atoms with Crippen molar-refractivity contribution in [3.05, 3.63) is 64.3 Å². The summed E-state index contributed by atoms with van der Waals surface area (Å²) in [6.45, 7) is 2.31. The highest BCUT2D eigenvalue weighted by atomic mass is 32.2. The minimum atomic E-state index is -0.518. The Morgan fingerprint density at radius 1 is 1.19 bits per heavy atom. The SMILES string of the molecule is CCOc1cc(C(=O)NCCN2C(=O)S/C(=C\c3ccccc3F)C2=O)ccc1OC. The number of ether oxygens (including phenoxy) is 2. The highest BCUT2D eigenvalue weighted by molar-refractivity contribution is 8.18. The second-order valence-electron chi connectivity index (χ2n) is 6.41. The summed E-state index contributed by atoms with van der Waals surface area (Å²) in [5.74, 6) is -0.416. The second kappa shape index (κ2) is 10.1. The lowest BCUT2D eigenvalue weighted by Crippen LogP contribution is -2.37. The van der Waals surface area contributed by atoms with E-state index in [4.69, 9.17) is 9.47 Å². The average Bonchev–Trinajstić information content (AvgIpc) is 3.02. The average molecular weight is 444 g/mol. The van der Waals surface area contributed by atoms with E-state index in [0.717, 1.165) is 16.7 Å². The number of rotatable bonds is 8. The minimum Gasteiger partial charge on any atom is -0.493 e. The molecule has 2 aromatic carbocycles. The molecule has 1 N–H and O–H groups in total. The van der Waals surface area contributed by atoms with Gasteiger partial charge in [-0.15, -0.1) is 0 Å². The minimum absolute atomic E-state index is 0.000506. The molecule has 2 aromatic rings. The lowest BCUT2D eigenvalue weighted by atomic mass is 10.2. The molecule has 0 bridgehead atoms. The van der Waals surface area contributed by atoms with Gasteiger partial charge in [-0.05, 0) is 49.0 Å². The Morgan fingerprint density at radius 2 is 1.97 bits per heavy atom. The van der Waals surface area contributed by atoms with Gasteiger partial charge in [-0.2, -0.15) is 0 Å². The first kappa shape index (κ1) is 22.4. The third-order valence-corrected chi connectivity index (χ3v) is 5.32. The molecule has 0 aliphatic carbocycles. The van der Waals surface area contributed by atoms with Crippen LogP contribution in [-0.2, 0) is 4.79 Å². The first-order chi connectivity index (χ1) is 14.9. The van der Waals surface area contributed by atoms with Crippen LogP contribution in [-0.4, -0.2) is 48.8 Å². The lowest BCUT2D eigenvalue weighted by molar-refractivity contribution is -0.122. The molecular formula is C22H21FN2O5S. The molecule has 1 aliphatic rings. The fourth-order valence-electron chi connectivity index (χ4n) is 2.90. The smallest absolute Gasteiger partial charge is 0.293 e. The summed E-state index contributed by atoms with van der Waals surface area (Å²) in [5.41, 5.74) is 0.587. The van der Waals surface area contributed by atoms with Gasteiger partial charge >= 0.3 is 0 Å². The summed E-state index contributed by atoms with van der Waals surface area (Å²) in [7, 11) is 1.51. The number of carbonyl (C=O) groups excluding carboxylic acids is 3. The normalized spacial score (nSPS) is 14.8. The number of benzene rings is 2. The van der Waals surface area contributed by atoms with Gasteiger partial charge in [0.05, 0.1) is 18.6 Å². The van der Waals surface area contributed by atoms with E-state index in [0.29, 0.717) is 23.7 Å². The monoisotopic (exact) mass is 444 g/mol. The predicted octanol–water partition coefficient (Wildman–Crippen LogP) is 3.70. The molecule has 162 valence electrons. The summed E-state index contributed by atoms with van der Waals surface area (Å²) >= 11 is 0.741. The zero-order chi connectivity index (χ0) is 22.4. The van der Waals surface area contributed by atoms with Crippen LogP contribution in [0.5, 0.6) is 11.5 Å². The zero-order valence-electron chi connectivity index (χ0n) is 17.0. The van der Waals surface area contributed by atoms with Crippen LogP contribution in [0.3, 0.4) is 0 Å². The maximum atomic E-state index is 13.8. The van der Waals surface area contributed by atoms with E-state index in [-0.39, 0.29) is 29.5 Å². The van der Waals surface area contributed by atoms with Gasteiger partial charge in [0.1, 0.15) is 5.82 Å². The van der Waals surface area contributed by atoms with Crippen LogP contribution >= 0.6 is 11.8 Å². The molecule has 1 heterocycles. The van der Waals surface area contributed by atoms with Crippen molar-refractivity contribution in [3.8, 4) is 11.5 Å². The van der Waals surface area contributed by atoms with Gasteiger partial charge in [0.2, 0.25) is 0 Å². The second-order valence-corrected chi connectivity index (χ2v) is 7.40. The number of nitrogens with one attached hydrogen (secondary N) is 1. The largest absolute Gasteiger partial charge is 0.493 e. The Balaban J connectivity index is 1.61. The van der Waals surface area contributed by atoms with E-state index in [2.05, 4.69) is 5.32 Å². The molecule has 0 spiro atoms. The Bertz CT molecular complexity index is 1040. The van der Waals surface area contributed by atoms with Crippen LogP contribution in [0.4, 0.5) is 9.18 Å². The predicted molar refractivity (Wildman–Crippen MR) is 116 cm³/mol. The Kier molecular flexibility index (Phi) is 7.30. The van der Waals surface area contributed by atoms with E-state index >= 15 is 0 Å². The van der Waals surface area contributed by atoms with Crippen molar-refractivity contribution in [1.82, 2.24) is 10.2 Å². The first-order valence-electron chi connectivity index (χ1n) is 9.53. The zero-order valence-corrected chi connectivity index (χ0v) is 17.8. The van der Waals surface area contributed by atoms with E-state index in [1.54, 1.807) is 30.3 Å². The summed E-state index contributed by atoms with van der Waals surface area (Å²) in [6, 6.07) is 10.8. The van der Waals surface area contributed by atoms with E-state index < -0.39 is 17.0 Å². The van der Waals surface area contributed by atoms with E-state index in [9.17, 15) is 18.8 Å². The van der Waals surface area contributed by atoms with Crippen LogP contribution in [0.15, 0.2) is 47.4 Å². The van der Waals surface area contributed by atoms with Crippen LogP contribution in [0.1, 0.15) is 22.8 Å². The summed E-state index contributed by atoms with van der Waals surface area (Å²) < 4.78 is 24.5. The molecule has 7 nitrogen and oxygen atoms in total. The van der Waals surface area contributed by atoms with Crippen molar-refractivity contribution in [2.75, 3.05) is 26.8 Å². The molecule has 0 unspecified atom stereocenters. The van der Waals surface area contributed by atoms with Crippen molar-refractivity contribution < 1.29 is 28.2 Å². The van der Waals surface area contributed by atoms with Crippen LogP contribution in [0, 0.1) is 5.82 Å². The molecule has 0 radical (unpaired) electrons. The quantitative estimate of drug-likeness (QED) is 0.625. The van der Waals surface area contributed by atoms with Gasteiger partial charge in [-0.25, -0.2) is 4.39 Å². The maximum Gasteiger partial charge on any atom is 0.293 e. The molecule has 0 aromatic heterocycles. The molecule has 0 atom stereocenters. The summed E-state index contributed by atoms with van der Waals surface area (Å²) in [6.07, 6.45) is 1.35. The first-order valence-corrected chi connectivity index (χ1v) is 10.3. The Labute approximate surface area is 183 Å². The molecule has 0 saturated carbocycles. The number of carbonyl (C=O) groups is 3. The Hall–Kier alpha value is -3.33. The van der Waals surface area contributed by atoms with Crippen molar-refractivity contribution in [2.24, 2.45) is 0 Å². The fourth-order valence-corrected chi connectivity index (χ4v) is 3.75. The number of nitrogens with zero attached hydrogens (tertiary/aromatic N) is 1. The lowest BCUT2D eigenvalue weighted by Gasteiger charge is -2.14. The van der Waals surface area contributed by atoms with Crippen molar-refractivity contribution >= 4 is 34.9 Å². The standard InChI is InChI=1S/C22H21FN2O5S/c1-3-30-18-12-15(8-9-17(18)29-2)20(26)24-10-11-25-21(27)19(31-22(25)28)13-14-6-4-5-7-16(14)23/h4-9,12-13H,3,10-11H2,1-2H3,(H,24,26)/b19-13-. The van der Waals surface area contributed by atoms with Gasteiger partial charge in [0.15, 0.2) is 11.5 Å². The van der Waals surface area contributed by atoms with Crippen molar-refractivity contribution in [2.45, 2.75) is 6.92 Å². The van der Waals surface area contributed by atoms with Crippen LogP contribution in [0.25, 0.3) is 6.08 Å². The number of imide groups is 1. The summed E-state index contributed by atoms with van der Waals surface area (Å²) in [5, 5.41) is 2.21. The van der Waals surface area contributed by atoms with Crippen molar-refractivity contribution in [3.63, 3.8) is 0 Å². The fraction of sp³-hybridized carbons (Fsp3) is 0.227.